The van der Waals surface area contributed by atoms with Crippen LogP contribution in [0.5, 0.6) is 5.75 Å². The number of hydrogen-bond donors (Lipinski definition) is 1. The van der Waals surface area contributed by atoms with Gasteiger partial charge in [-0.3, -0.25) is 43.4 Å². The maximum Gasteiger partial charge on any atom is 0.329 e. The number of methoxy groups -OCH3 is 1. The first-order chi connectivity index (χ1) is 29.7. The number of piperazine rings is 1. The van der Waals surface area contributed by atoms with E-state index in [9.17, 15) is 19.2 Å². The van der Waals surface area contributed by atoms with Crippen molar-refractivity contribution in [3.05, 3.63) is 107 Å². The highest BCUT2D eigenvalue weighted by molar-refractivity contribution is 6.01. The van der Waals surface area contributed by atoms with Gasteiger partial charge in [-0.15, -0.1) is 5.10 Å². The molecule has 3 aromatic carbocycles. The summed E-state index contributed by atoms with van der Waals surface area (Å²) in [5.41, 5.74) is 6.12. The lowest BCUT2D eigenvalue weighted by molar-refractivity contribution is -0.136. The molecular weight excluding hydrogens is 780 g/mol. The van der Waals surface area contributed by atoms with E-state index in [1.54, 1.807) is 59.2 Å². The number of anilines is 1. The van der Waals surface area contributed by atoms with Crippen LogP contribution in [0.4, 0.5) is 10.1 Å². The number of halogens is 1. The first-order valence-electron chi connectivity index (χ1n) is 20.7. The molecule has 15 nitrogen and oxygen atoms in total. The van der Waals surface area contributed by atoms with Crippen LogP contribution in [0, 0.1) is 5.82 Å². The minimum Gasteiger partial charge on any atom is -0.496 e. The van der Waals surface area contributed by atoms with Gasteiger partial charge in [0.25, 0.3) is 0 Å². The Balaban J connectivity index is 0.899. The highest BCUT2D eigenvalue weighted by atomic mass is 19.1. The fourth-order valence-corrected chi connectivity index (χ4v) is 9.12. The van der Waals surface area contributed by atoms with Gasteiger partial charge in [-0.25, -0.2) is 9.18 Å². The Morgan fingerprint density at radius 3 is 2.59 bits per heavy atom. The van der Waals surface area contributed by atoms with Crippen molar-refractivity contribution >= 4 is 50.8 Å². The van der Waals surface area contributed by atoms with Crippen LogP contribution in [0.15, 0.2) is 84.2 Å². The van der Waals surface area contributed by atoms with E-state index >= 15 is 4.39 Å². The molecule has 0 bridgehead atoms. The van der Waals surface area contributed by atoms with E-state index in [2.05, 4.69) is 36.5 Å². The van der Waals surface area contributed by atoms with Crippen molar-refractivity contribution in [3.8, 4) is 16.9 Å². The van der Waals surface area contributed by atoms with Gasteiger partial charge < -0.3 is 14.5 Å². The van der Waals surface area contributed by atoms with Crippen molar-refractivity contribution in [1.82, 2.24) is 44.2 Å². The second-order valence-corrected chi connectivity index (χ2v) is 15.9. The molecule has 1 unspecified atom stereocenters. The Hall–Kier alpha value is -6.68. The van der Waals surface area contributed by atoms with E-state index in [1.807, 2.05) is 42.5 Å². The zero-order valence-electron chi connectivity index (χ0n) is 34.2. The lowest BCUT2D eigenvalue weighted by atomic mass is 9.91. The number of amides is 3. The number of carbonyl (C=O) groups excluding carboxylic acids is 3. The van der Waals surface area contributed by atoms with E-state index < -0.39 is 11.9 Å². The number of nitrogens with zero attached hydrogens (tertiary/aromatic N) is 9. The zero-order valence-corrected chi connectivity index (χ0v) is 34.2. The van der Waals surface area contributed by atoms with E-state index in [1.165, 1.54) is 4.57 Å². The molecule has 0 saturated carbocycles. The van der Waals surface area contributed by atoms with Gasteiger partial charge in [0.1, 0.15) is 17.6 Å². The third-order valence-corrected chi connectivity index (χ3v) is 12.4. The van der Waals surface area contributed by atoms with Crippen LogP contribution < -0.4 is 20.6 Å². The third kappa shape index (κ3) is 7.67. The lowest BCUT2D eigenvalue weighted by Crippen LogP contribution is -2.47. The average Bonchev–Trinajstić information content (AvgIpc) is 3.91. The number of fused-ring (bicyclic) bond motifs is 2. The molecule has 9 rings (SSSR count). The molecule has 0 aliphatic carbocycles. The monoisotopic (exact) mass is 826 g/mol. The highest BCUT2D eigenvalue weighted by Gasteiger charge is 2.32. The van der Waals surface area contributed by atoms with E-state index in [4.69, 9.17) is 4.74 Å². The van der Waals surface area contributed by atoms with Gasteiger partial charge in [0.15, 0.2) is 0 Å². The number of benzene rings is 3. The molecule has 3 aliphatic heterocycles. The van der Waals surface area contributed by atoms with Crippen LogP contribution in [-0.2, 0) is 34.4 Å². The summed E-state index contributed by atoms with van der Waals surface area (Å²) in [4.78, 5) is 62.0. The van der Waals surface area contributed by atoms with Gasteiger partial charge in [0.05, 0.1) is 30.9 Å². The molecule has 3 aliphatic rings. The van der Waals surface area contributed by atoms with Crippen LogP contribution in [-0.4, -0.2) is 110 Å². The minimum absolute atomic E-state index is 0.0187. The van der Waals surface area contributed by atoms with Crippen molar-refractivity contribution in [2.24, 2.45) is 7.05 Å². The fourth-order valence-electron chi connectivity index (χ4n) is 9.12. The maximum absolute atomic E-state index is 16.4. The molecule has 314 valence electrons. The summed E-state index contributed by atoms with van der Waals surface area (Å²) in [7, 11) is 3.38. The Morgan fingerprint density at radius 1 is 0.951 bits per heavy atom. The summed E-state index contributed by atoms with van der Waals surface area (Å²) in [6.45, 7) is 5.36. The van der Waals surface area contributed by atoms with Gasteiger partial charge in [-0.05, 0) is 66.3 Å². The van der Waals surface area contributed by atoms with Crippen LogP contribution in [0.1, 0.15) is 42.9 Å². The quantitative estimate of drug-likeness (QED) is 0.187. The zero-order chi connectivity index (χ0) is 42.2. The highest BCUT2D eigenvalue weighted by Crippen LogP contribution is 2.41. The molecule has 1 atom stereocenters. The molecule has 0 radical (unpaired) electrons. The summed E-state index contributed by atoms with van der Waals surface area (Å²) in [6.07, 6.45) is 10.7. The normalized spacial score (nSPS) is 17.6. The van der Waals surface area contributed by atoms with Gasteiger partial charge in [0, 0.05) is 118 Å². The second kappa shape index (κ2) is 16.8. The summed E-state index contributed by atoms with van der Waals surface area (Å²) < 4.78 is 27.2. The van der Waals surface area contributed by atoms with Crippen LogP contribution in [0.2, 0.25) is 0 Å². The number of aromatic nitrogens is 6. The van der Waals surface area contributed by atoms with Crippen molar-refractivity contribution < 1.29 is 23.5 Å². The standard InChI is InChI=1S/C45H47FN10O5/c1-51-43-29(5-3-7-37(43)56(45(51)60)38-10-11-40(57)49-44(38)59)13-18-52-21-23-53(24-22-52)31-8-9-32(39(25-31)61-2)35-26-34(42(46)33-12-15-47-27-36(33)35)30-6-4-17-54(28-30)41(58)14-19-55-20-16-48-50-55/h3,5-9,12,15-16,20,25-27,38H,4,10-11,13-14,17-19,21-24,28H2,1-2H3,(H,49,57,59). The Kier molecular flexibility index (Phi) is 10.9. The second-order valence-electron chi connectivity index (χ2n) is 15.9. The number of carbonyl (C=O) groups is 3. The average molecular weight is 827 g/mol. The van der Waals surface area contributed by atoms with Crippen LogP contribution in [0.3, 0.4) is 0 Å². The van der Waals surface area contributed by atoms with Gasteiger partial charge >= 0.3 is 5.69 Å². The molecule has 3 amide bonds. The lowest BCUT2D eigenvalue weighted by Gasteiger charge is -2.36. The molecule has 0 spiro atoms. The Bertz CT molecular complexity index is 2750. The summed E-state index contributed by atoms with van der Waals surface area (Å²) >= 11 is 0. The predicted molar refractivity (Wildman–Crippen MR) is 228 cm³/mol. The van der Waals surface area contributed by atoms with Crippen LogP contribution >= 0.6 is 0 Å². The number of para-hydroxylation sites is 1. The number of hydrogen-bond acceptors (Lipinski definition) is 10. The number of imidazole rings is 1. The number of ether oxygens (including phenoxy) is 1. The summed E-state index contributed by atoms with van der Waals surface area (Å²) in [5.74, 6) is -0.457. The molecule has 16 heteroatoms. The van der Waals surface area contributed by atoms with E-state index in [-0.39, 0.29) is 36.2 Å². The molecule has 6 heterocycles. The summed E-state index contributed by atoms with van der Waals surface area (Å²) in [6, 6.07) is 14.8. The summed E-state index contributed by atoms with van der Waals surface area (Å²) in [5, 5.41) is 11.3. The largest absolute Gasteiger partial charge is 0.496 e. The maximum atomic E-state index is 16.4. The topological polar surface area (TPSA) is 153 Å². The molecule has 1 N–H and O–H groups in total. The van der Waals surface area contributed by atoms with Gasteiger partial charge in [0.2, 0.25) is 17.7 Å². The van der Waals surface area contributed by atoms with Gasteiger partial charge in [-0.1, -0.05) is 23.4 Å². The van der Waals surface area contributed by atoms with Gasteiger partial charge in [-0.2, -0.15) is 0 Å². The SMILES string of the molecule is COc1cc(N2CCN(CCc3cccc4c3n(C)c(=O)n4C3CCC(=O)NC3=O)CC2)ccc1-c1cc(C2=CCCN(C(=O)CCn3ccnn3)C2)c(F)c2ccncc12. The van der Waals surface area contributed by atoms with E-state index in [0.29, 0.717) is 60.1 Å². The van der Waals surface area contributed by atoms with Crippen LogP contribution in [0.25, 0.3) is 38.5 Å². The number of aryl methyl sites for hydroxylation is 2. The number of rotatable bonds is 11. The van der Waals surface area contributed by atoms with Crippen molar-refractivity contribution in [1.29, 1.82) is 0 Å². The van der Waals surface area contributed by atoms with E-state index in [0.717, 1.165) is 72.6 Å². The Labute approximate surface area is 351 Å². The minimum atomic E-state index is -0.721. The van der Waals surface area contributed by atoms with Crippen molar-refractivity contribution in [2.75, 3.05) is 57.8 Å². The fraction of sp³-hybridized carbons (Fsp3) is 0.356. The van der Waals surface area contributed by atoms with Crippen molar-refractivity contribution in [3.63, 3.8) is 0 Å². The first kappa shape index (κ1) is 39.8. The number of nitrogens with one attached hydrogen (secondary N) is 1. The number of pyridine rings is 1. The number of piperidine rings is 1. The molecular formula is C45H47FN10O5. The Morgan fingerprint density at radius 2 is 1.80 bits per heavy atom. The third-order valence-electron chi connectivity index (χ3n) is 12.4. The predicted octanol–water partition coefficient (Wildman–Crippen LogP) is 4.34. The first-order valence-corrected chi connectivity index (χ1v) is 20.7. The molecule has 3 aromatic heterocycles. The molecule has 61 heavy (non-hydrogen) atoms. The smallest absolute Gasteiger partial charge is 0.329 e. The molecule has 2 fully saturated rings. The van der Waals surface area contributed by atoms with Crippen molar-refractivity contribution in [2.45, 2.75) is 44.7 Å². The molecule has 2 saturated heterocycles. The molecule has 6 aromatic rings. The number of imide groups is 1.